The van der Waals surface area contributed by atoms with Gasteiger partial charge in [0.2, 0.25) is 0 Å². The summed E-state index contributed by atoms with van der Waals surface area (Å²) in [6.07, 6.45) is 2.69. The Morgan fingerprint density at radius 1 is 1.44 bits per heavy atom. The zero-order valence-electron chi connectivity index (χ0n) is 9.39. The first kappa shape index (κ1) is 11.9. The number of aryl methyl sites for hydroxylation is 2. The van der Waals surface area contributed by atoms with Gasteiger partial charge in [-0.05, 0) is 24.4 Å². The van der Waals surface area contributed by atoms with Gasteiger partial charge in [-0.1, -0.05) is 17.7 Å². The van der Waals surface area contributed by atoms with Crippen molar-refractivity contribution in [1.29, 1.82) is 0 Å². The van der Waals surface area contributed by atoms with Gasteiger partial charge in [0.25, 0.3) is 0 Å². The zero-order valence-corrected chi connectivity index (χ0v) is 11.8. The first-order chi connectivity index (χ1) is 8.75. The maximum atomic E-state index is 6.24. The summed E-state index contributed by atoms with van der Waals surface area (Å²) in [5.74, 6) is 0. The molecule has 3 nitrogen and oxygen atoms in total. The molecule has 0 saturated heterocycles. The average molecular weight is 296 g/mol. The second-order valence-electron chi connectivity index (χ2n) is 3.89. The van der Waals surface area contributed by atoms with E-state index in [1.165, 1.54) is 0 Å². The number of thiazole rings is 1. The third-order valence-electron chi connectivity index (χ3n) is 2.78. The molecule has 0 aliphatic heterocycles. The van der Waals surface area contributed by atoms with Gasteiger partial charge < -0.3 is 9.55 Å². The predicted molar refractivity (Wildman–Crippen MR) is 78.0 cm³/mol. The second-order valence-corrected chi connectivity index (χ2v) is 5.67. The largest absolute Gasteiger partial charge is 0.331 e. The lowest BCUT2D eigenvalue weighted by atomic mass is 10.3. The number of hydrogen-bond donors (Lipinski definition) is 1. The Hall–Kier alpha value is -1.17. The summed E-state index contributed by atoms with van der Waals surface area (Å²) in [6.45, 7) is 0.788. The topological polar surface area (TPSA) is 33.6 Å². The van der Waals surface area contributed by atoms with Crippen molar-refractivity contribution in [3.63, 3.8) is 0 Å². The maximum absolute atomic E-state index is 6.24. The summed E-state index contributed by atoms with van der Waals surface area (Å²) in [6, 6.07) is 5.78. The summed E-state index contributed by atoms with van der Waals surface area (Å²) in [5, 5.41) is 3.81. The molecule has 0 saturated carbocycles. The highest BCUT2D eigenvalue weighted by Crippen LogP contribution is 2.23. The van der Waals surface area contributed by atoms with Gasteiger partial charge in [-0.15, -0.1) is 11.3 Å². The number of para-hydroxylation sites is 1. The molecule has 0 fully saturated rings. The van der Waals surface area contributed by atoms with Crippen LogP contribution in [0.15, 0.2) is 29.8 Å². The fourth-order valence-electron chi connectivity index (χ4n) is 1.97. The number of nitrogens with one attached hydrogen (secondary N) is 1. The summed E-state index contributed by atoms with van der Waals surface area (Å²) in [7, 11) is 0. The summed E-state index contributed by atoms with van der Waals surface area (Å²) < 4.78 is 2.74. The summed E-state index contributed by atoms with van der Waals surface area (Å²) in [4.78, 5) is 7.45. The van der Waals surface area contributed by atoms with Crippen LogP contribution >= 0.6 is 35.2 Å². The normalized spacial score (nSPS) is 11.2. The molecule has 1 N–H and O–H groups in total. The van der Waals surface area contributed by atoms with E-state index in [4.69, 9.17) is 23.8 Å². The molecule has 0 spiro atoms. The fourth-order valence-corrected chi connectivity index (χ4v) is 3.15. The van der Waals surface area contributed by atoms with Crippen LogP contribution in [0.2, 0.25) is 5.02 Å². The minimum Gasteiger partial charge on any atom is -0.331 e. The molecule has 1 aromatic carbocycles. The Balaban J connectivity index is 2.01. The fraction of sp³-hybridized carbons (Fsp3) is 0.167. The molecule has 0 unspecified atom stereocenters. The Labute approximate surface area is 118 Å². The number of rotatable bonds is 3. The van der Waals surface area contributed by atoms with Crippen molar-refractivity contribution < 1.29 is 0 Å². The van der Waals surface area contributed by atoms with E-state index in [9.17, 15) is 0 Å². The molecule has 18 heavy (non-hydrogen) atoms. The van der Waals surface area contributed by atoms with Crippen LogP contribution < -0.4 is 0 Å². The molecule has 92 valence electrons. The lowest BCUT2D eigenvalue weighted by molar-refractivity contribution is 0.704. The molecule has 3 rings (SSSR count). The van der Waals surface area contributed by atoms with Crippen molar-refractivity contribution in [3.8, 4) is 0 Å². The average Bonchev–Trinajstić information content (AvgIpc) is 2.94. The quantitative estimate of drug-likeness (QED) is 0.740. The van der Waals surface area contributed by atoms with Crippen molar-refractivity contribution in [2.45, 2.75) is 13.0 Å². The van der Waals surface area contributed by atoms with E-state index >= 15 is 0 Å². The van der Waals surface area contributed by atoms with Crippen molar-refractivity contribution in [2.24, 2.45) is 0 Å². The van der Waals surface area contributed by atoms with Crippen LogP contribution in [0.1, 0.15) is 5.01 Å². The van der Waals surface area contributed by atoms with Crippen LogP contribution in [0.4, 0.5) is 0 Å². The van der Waals surface area contributed by atoms with Crippen molar-refractivity contribution in [1.82, 2.24) is 14.5 Å². The summed E-state index contributed by atoms with van der Waals surface area (Å²) >= 11 is 13.2. The first-order valence-corrected chi connectivity index (χ1v) is 7.17. The summed E-state index contributed by atoms with van der Waals surface area (Å²) in [5.41, 5.74) is 1.95. The van der Waals surface area contributed by atoms with E-state index < -0.39 is 0 Å². The standard InChI is InChI=1S/C12H10ClN3S2/c13-8-2-1-3-9-11(8)16(12(17)15-9)6-4-10-14-5-7-18-10/h1-3,5,7H,4,6H2,(H,15,17). The van der Waals surface area contributed by atoms with Gasteiger partial charge in [0.1, 0.15) is 0 Å². The molecule has 3 aromatic rings. The zero-order chi connectivity index (χ0) is 12.5. The molecular formula is C12H10ClN3S2. The monoisotopic (exact) mass is 295 g/mol. The van der Waals surface area contributed by atoms with Gasteiger partial charge in [-0.3, -0.25) is 0 Å². The van der Waals surface area contributed by atoms with Crippen molar-refractivity contribution >= 4 is 46.2 Å². The molecule has 0 aliphatic rings. The highest BCUT2D eigenvalue weighted by molar-refractivity contribution is 7.71. The van der Waals surface area contributed by atoms with Crippen LogP contribution in [-0.2, 0) is 13.0 Å². The molecule has 0 amide bonds. The molecule has 0 atom stereocenters. The van der Waals surface area contributed by atoms with E-state index in [0.717, 1.165) is 34.0 Å². The molecule has 2 heterocycles. The third kappa shape index (κ3) is 2.09. The van der Waals surface area contributed by atoms with Crippen molar-refractivity contribution in [3.05, 3.63) is 44.6 Å². The Kier molecular flexibility index (Phi) is 3.20. The van der Waals surface area contributed by atoms with E-state index in [1.54, 1.807) is 11.3 Å². The minimum atomic E-state index is 0.703. The first-order valence-electron chi connectivity index (χ1n) is 5.51. The smallest absolute Gasteiger partial charge is 0.178 e. The number of aromatic nitrogens is 3. The van der Waals surface area contributed by atoms with Crippen LogP contribution in [0, 0.1) is 4.77 Å². The molecule has 2 aromatic heterocycles. The number of nitrogens with zero attached hydrogens (tertiary/aromatic N) is 2. The van der Waals surface area contributed by atoms with E-state index in [2.05, 4.69) is 9.97 Å². The van der Waals surface area contributed by atoms with Crippen LogP contribution in [0.5, 0.6) is 0 Å². The number of aromatic amines is 1. The maximum Gasteiger partial charge on any atom is 0.178 e. The highest BCUT2D eigenvalue weighted by Gasteiger charge is 2.08. The van der Waals surface area contributed by atoms with Gasteiger partial charge >= 0.3 is 0 Å². The molecule has 0 aliphatic carbocycles. The van der Waals surface area contributed by atoms with Crippen LogP contribution in [0.3, 0.4) is 0 Å². The van der Waals surface area contributed by atoms with Crippen LogP contribution in [0.25, 0.3) is 11.0 Å². The lowest BCUT2D eigenvalue weighted by Gasteiger charge is -2.04. The molecular weight excluding hydrogens is 286 g/mol. The van der Waals surface area contributed by atoms with E-state index in [0.29, 0.717) is 4.77 Å². The predicted octanol–water partition coefficient (Wildman–Crippen LogP) is 4.05. The lowest BCUT2D eigenvalue weighted by Crippen LogP contribution is -2.01. The number of H-pyrrole nitrogens is 1. The Bertz CT molecular complexity index is 727. The van der Waals surface area contributed by atoms with Crippen LogP contribution in [-0.4, -0.2) is 14.5 Å². The number of fused-ring (bicyclic) bond motifs is 1. The van der Waals surface area contributed by atoms with Gasteiger partial charge in [-0.2, -0.15) is 0 Å². The second kappa shape index (κ2) is 4.84. The molecule has 0 bridgehead atoms. The van der Waals surface area contributed by atoms with Gasteiger partial charge in [0, 0.05) is 24.5 Å². The highest BCUT2D eigenvalue weighted by atomic mass is 35.5. The third-order valence-corrected chi connectivity index (χ3v) is 4.24. The number of halogens is 1. The number of hydrogen-bond acceptors (Lipinski definition) is 3. The van der Waals surface area contributed by atoms with Gasteiger partial charge in [-0.25, -0.2) is 4.98 Å². The van der Waals surface area contributed by atoms with Gasteiger partial charge in [0.15, 0.2) is 4.77 Å². The molecule has 6 heteroatoms. The van der Waals surface area contributed by atoms with Gasteiger partial charge in [0.05, 0.1) is 21.1 Å². The van der Waals surface area contributed by atoms with E-state index in [-0.39, 0.29) is 0 Å². The Morgan fingerprint density at radius 3 is 3.11 bits per heavy atom. The van der Waals surface area contributed by atoms with E-state index in [1.807, 2.05) is 34.3 Å². The SMILES string of the molecule is S=c1[nH]c2cccc(Cl)c2n1CCc1nccs1. The Morgan fingerprint density at radius 2 is 2.33 bits per heavy atom. The number of imidazole rings is 1. The number of benzene rings is 1. The minimum absolute atomic E-state index is 0.703. The van der Waals surface area contributed by atoms with Crippen molar-refractivity contribution in [2.75, 3.05) is 0 Å². The molecule has 0 radical (unpaired) electrons.